The third-order valence-electron chi connectivity index (χ3n) is 5.16. The van der Waals surface area contributed by atoms with E-state index in [-0.39, 0.29) is 6.42 Å². The lowest BCUT2D eigenvalue weighted by molar-refractivity contribution is -0.137. The first-order chi connectivity index (χ1) is 13.0. The Balaban J connectivity index is 2.22. The molecule has 0 aliphatic carbocycles. The van der Waals surface area contributed by atoms with E-state index in [0.717, 1.165) is 34.6 Å². The minimum Gasteiger partial charge on any atom is -0.481 e. The fraction of sp³-hybridized carbons (Fsp3) is 0.381. The Kier molecular flexibility index (Phi) is 5.56. The van der Waals surface area contributed by atoms with Crippen LogP contribution in [0.1, 0.15) is 48.7 Å². The van der Waals surface area contributed by atoms with Crippen LogP contribution in [-0.2, 0) is 21.4 Å². The van der Waals surface area contributed by atoms with Crippen LogP contribution in [0.4, 0.5) is 0 Å². The molecule has 142 valence electrons. The molecule has 3 heterocycles. The Labute approximate surface area is 159 Å². The fourth-order valence-electron chi connectivity index (χ4n) is 3.84. The van der Waals surface area contributed by atoms with Crippen molar-refractivity contribution in [2.24, 2.45) is 5.10 Å². The van der Waals surface area contributed by atoms with E-state index in [2.05, 4.69) is 30.6 Å². The summed E-state index contributed by atoms with van der Waals surface area (Å²) in [4.78, 5) is 15.8. The molecule has 0 spiro atoms. The summed E-state index contributed by atoms with van der Waals surface area (Å²) >= 11 is 0. The maximum Gasteiger partial charge on any atom is 0.303 e. The SMILES string of the molecule is C=Cc1cncc(C2(CCC(=O)O)CC(COC)=Nn3c(CC)ccc32)c1. The molecule has 2 aromatic heterocycles. The lowest BCUT2D eigenvalue weighted by atomic mass is 9.70. The van der Waals surface area contributed by atoms with Gasteiger partial charge in [-0.25, -0.2) is 4.68 Å². The number of carbonyl (C=O) groups is 1. The van der Waals surface area contributed by atoms with Gasteiger partial charge in [0, 0.05) is 43.5 Å². The van der Waals surface area contributed by atoms with E-state index in [0.29, 0.717) is 19.4 Å². The highest BCUT2D eigenvalue weighted by atomic mass is 16.5. The number of aliphatic carboxylic acids is 1. The van der Waals surface area contributed by atoms with Gasteiger partial charge in [0.25, 0.3) is 0 Å². The molecule has 27 heavy (non-hydrogen) atoms. The molecule has 0 bridgehead atoms. The Morgan fingerprint density at radius 1 is 1.44 bits per heavy atom. The first-order valence-corrected chi connectivity index (χ1v) is 9.10. The van der Waals surface area contributed by atoms with Gasteiger partial charge in [-0.1, -0.05) is 19.6 Å². The lowest BCUT2D eigenvalue weighted by Crippen LogP contribution is -2.38. The minimum absolute atomic E-state index is 0.0607. The number of nitrogens with zero attached hydrogens (tertiary/aromatic N) is 3. The van der Waals surface area contributed by atoms with Crippen LogP contribution in [0.5, 0.6) is 0 Å². The monoisotopic (exact) mass is 367 g/mol. The number of aromatic nitrogens is 2. The largest absolute Gasteiger partial charge is 0.481 e. The maximum absolute atomic E-state index is 11.4. The van der Waals surface area contributed by atoms with Crippen molar-refractivity contribution in [1.29, 1.82) is 0 Å². The first kappa shape index (κ1) is 19.0. The molecule has 0 radical (unpaired) electrons. The van der Waals surface area contributed by atoms with Crippen molar-refractivity contribution in [1.82, 2.24) is 9.66 Å². The average Bonchev–Trinajstić information content (AvgIpc) is 3.10. The molecule has 1 unspecified atom stereocenters. The summed E-state index contributed by atoms with van der Waals surface area (Å²) < 4.78 is 7.31. The first-order valence-electron chi connectivity index (χ1n) is 9.10. The molecule has 0 saturated heterocycles. The van der Waals surface area contributed by atoms with Crippen molar-refractivity contribution >= 4 is 17.8 Å². The van der Waals surface area contributed by atoms with E-state index in [1.54, 1.807) is 19.4 Å². The number of ether oxygens (including phenoxy) is 1. The molecule has 1 N–H and O–H groups in total. The highest BCUT2D eigenvalue weighted by molar-refractivity contribution is 5.88. The van der Waals surface area contributed by atoms with Crippen LogP contribution >= 0.6 is 0 Å². The van der Waals surface area contributed by atoms with Crippen molar-refractivity contribution in [2.75, 3.05) is 13.7 Å². The van der Waals surface area contributed by atoms with Crippen LogP contribution < -0.4 is 0 Å². The van der Waals surface area contributed by atoms with Crippen LogP contribution in [0.2, 0.25) is 0 Å². The van der Waals surface area contributed by atoms with Crippen LogP contribution in [0, 0.1) is 0 Å². The number of hydrogen-bond donors (Lipinski definition) is 1. The zero-order chi connectivity index (χ0) is 19.4. The van der Waals surface area contributed by atoms with Gasteiger partial charge >= 0.3 is 5.97 Å². The molecule has 1 aliphatic rings. The van der Waals surface area contributed by atoms with E-state index in [1.165, 1.54) is 0 Å². The summed E-state index contributed by atoms with van der Waals surface area (Å²) in [7, 11) is 1.65. The zero-order valence-corrected chi connectivity index (χ0v) is 15.8. The van der Waals surface area contributed by atoms with Crippen molar-refractivity contribution in [2.45, 2.75) is 38.0 Å². The van der Waals surface area contributed by atoms with Gasteiger partial charge in [-0.2, -0.15) is 5.10 Å². The molecule has 6 heteroatoms. The van der Waals surface area contributed by atoms with Gasteiger partial charge in [-0.15, -0.1) is 0 Å². The second kappa shape index (κ2) is 7.88. The molecular weight excluding hydrogens is 342 g/mol. The third-order valence-corrected chi connectivity index (χ3v) is 5.16. The quantitative estimate of drug-likeness (QED) is 0.775. The standard InChI is InChI=1S/C21H25N3O3/c1-4-15-10-16(13-22-12-15)21(9-8-20(25)26)11-17(14-27-3)23-24-18(5-2)6-7-19(21)24/h4,6-7,10,12-13H,1,5,8-9,11,14H2,2-3H3,(H,25,26). The number of pyridine rings is 1. The number of carboxylic acids is 1. The summed E-state index contributed by atoms with van der Waals surface area (Å²) in [6.07, 6.45) is 7.29. The Hall–Kier alpha value is -2.73. The Morgan fingerprint density at radius 3 is 2.93 bits per heavy atom. The third kappa shape index (κ3) is 3.57. The van der Waals surface area contributed by atoms with Crippen LogP contribution in [-0.4, -0.2) is 40.2 Å². The average molecular weight is 367 g/mol. The predicted octanol–water partition coefficient (Wildman–Crippen LogP) is 3.49. The topological polar surface area (TPSA) is 76.7 Å². The molecule has 0 amide bonds. The number of rotatable bonds is 8. The van der Waals surface area contributed by atoms with Gasteiger partial charge in [-0.3, -0.25) is 9.78 Å². The summed E-state index contributed by atoms with van der Waals surface area (Å²) in [6.45, 7) is 6.33. The lowest BCUT2D eigenvalue weighted by Gasteiger charge is -2.38. The summed E-state index contributed by atoms with van der Waals surface area (Å²) in [5.41, 5.74) is 4.35. The van der Waals surface area contributed by atoms with Crippen molar-refractivity contribution in [3.63, 3.8) is 0 Å². The van der Waals surface area contributed by atoms with Gasteiger partial charge in [0.05, 0.1) is 18.0 Å². The number of fused-ring (bicyclic) bond motifs is 1. The van der Waals surface area contributed by atoms with Crippen LogP contribution in [0.3, 0.4) is 0 Å². The molecular formula is C21H25N3O3. The molecule has 0 fully saturated rings. The second-order valence-electron chi connectivity index (χ2n) is 6.84. The van der Waals surface area contributed by atoms with Crippen molar-refractivity contribution < 1.29 is 14.6 Å². The van der Waals surface area contributed by atoms with Gasteiger partial charge in [0.1, 0.15) is 0 Å². The van der Waals surface area contributed by atoms with E-state index >= 15 is 0 Å². The molecule has 3 rings (SSSR count). The highest BCUT2D eigenvalue weighted by Gasteiger charge is 2.42. The van der Waals surface area contributed by atoms with Crippen LogP contribution in [0.25, 0.3) is 6.08 Å². The predicted molar refractivity (Wildman–Crippen MR) is 105 cm³/mol. The highest BCUT2D eigenvalue weighted by Crippen LogP contribution is 2.43. The Bertz CT molecular complexity index is 885. The van der Waals surface area contributed by atoms with Crippen LogP contribution in [0.15, 0.2) is 42.3 Å². The molecule has 1 aliphatic heterocycles. The summed E-state index contributed by atoms with van der Waals surface area (Å²) in [5, 5.41) is 14.2. The minimum atomic E-state index is -0.813. The van der Waals surface area contributed by atoms with Gasteiger partial charge in [-0.05, 0) is 42.2 Å². The molecule has 6 nitrogen and oxygen atoms in total. The Morgan fingerprint density at radius 2 is 2.26 bits per heavy atom. The molecule has 0 aromatic carbocycles. The zero-order valence-electron chi connectivity index (χ0n) is 15.8. The van der Waals surface area contributed by atoms with E-state index in [1.807, 2.05) is 16.9 Å². The van der Waals surface area contributed by atoms with Gasteiger partial charge in [0.15, 0.2) is 0 Å². The summed E-state index contributed by atoms with van der Waals surface area (Å²) in [5.74, 6) is -0.813. The number of methoxy groups -OCH3 is 1. The van der Waals surface area contributed by atoms with Crippen molar-refractivity contribution in [3.05, 3.63) is 59.7 Å². The van der Waals surface area contributed by atoms with E-state index < -0.39 is 11.4 Å². The van der Waals surface area contributed by atoms with Gasteiger partial charge in [0.2, 0.25) is 0 Å². The smallest absolute Gasteiger partial charge is 0.303 e. The number of carboxylic acid groups (broad SMARTS) is 1. The molecule has 2 aromatic rings. The maximum atomic E-state index is 11.4. The fourth-order valence-corrected chi connectivity index (χ4v) is 3.84. The number of aryl methyl sites for hydroxylation is 1. The molecule has 0 saturated carbocycles. The molecule has 1 atom stereocenters. The second-order valence-corrected chi connectivity index (χ2v) is 6.84. The normalized spacial score (nSPS) is 18.7. The van der Waals surface area contributed by atoms with Gasteiger partial charge < -0.3 is 9.84 Å². The number of hydrogen-bond acceptors (Lipinski definition) is 4. The van der Waals surface area contributed by atoms with Crippen molar-refractivity contribution in [3.8, 4) is 0 Å². The van der Waals surface area contributed by atoms with E-state index in [9.17, 15) is 9.90 Å². The summed E-state index contributed by atoms with van der Waals surface area (Å²) in [6, 6.07) is 6.17. The van der Waals surface area contributed by atoms with E-state index in [4.69, 9.17) is 9.84 Å².